The average Bonchev–Trinajstić information content (AvgIpc) is 3.20. The van der Waals surface area contributed by atoms with Crippen LogP contribution in [-0.4, -0.2) is 30.8 Å². The lowest BCUT2D eigenvalue weighted by atomic mass is 10.2. The smallest absolute Gasteiger partial charge is 0.253 e. The molecule has 2 fully saturated rings. The Morgan fingerprint density at radius 1 is 1.23 bits per heavy atom. The number of carbonyl (C=O) groups is 1. The van der Waals surface area contributed by atoms with E-state index in [1.165, 1.54) is 12.8 Å². The van der Waals surface area contributed by atoms with E-state index in [0.29, 0.717) is 6.54 Å². The Kier molecular flexibility index (Phi) is 4.95. The molecule has 3 N–H and O–H groups in total. The Labute approximate surface area is 131 Å². The number of nitrogens with one attached hydrogen (secondary N) is 1. The van der Waals surface area contributed by atoms with Gasteiger partial charge in [0.1, 0.15) is 11.9 Å². The number of amides is 1. The molecule has 0 radical (unpaired) electrons. The van der Waals surface area contributed by atoms with E-state index in [4.69, 9.17) is 15.2 Å². The van der Waals surface area contributed by atoms with Crippen LogP contribution in [0, 0.1) is 0 Å². The molecule has 22 heavy (non-hydrogen) atoms. The quantitative estimate of drug-likeness (QED) is 0.876. The average molecular weight is 304 g/mol. The van der Waals surface area contributed by atoms with Gasteiger partial charge in [-0.05, 0) is 50.7 Å². The van der Waals surface area contributed by atoms with Crippen LogP contribution in [-0.2, 0) is 9.53 Å². The maximum absolute atomic E-state index is 12.3. The predicted molar refractivity (Wildman–Crippen MR) is 84.9 cm³/mol. The Bertz CT molecular complexity index is 514. The minimum atomic E-state index is -0.409. The Hall–Kier alpha value is -1.59. The molecular formula is C17H24N2O3. The third-order valence-electron chi connectivity index (χ3n) is 4.40. The molecule has 1 saturated carbocycles. The van der Waals surface area contributed by atoms with Crippen LogP contribution in [0.1, 0.15) is 38.5 Å². The van der Waals surface area contributed by atoms with E-state index in [0.717, 1.165) is 37.1 Å². The van der Waals surface area contributed by atoms with Crippen molar-refractivity contribution in [3.8, 4) is 5.75 Å². The van der Waals surface area contributed by atoms with Gasteiger partial charge in [-0.15, -0.1) is 0 Å². The van der Waals surface area contributed by atoms with Gasteiger partial charge in [0.15, 0.2) is 0 Å². The molecule has 5 nitrogen and oxygen atoms in total. The summed E-state index contributed by atoms with van der Waals surface area (Å²) in [4.78, 5) is 12.3. The van der Waals surface area contributed by atoms with Crippen LogP contribution in [0.4, 0.5) is 5.69 Å². The van der Waals surface area contributed by atoms with Crippen molar-refractivity contribution in [2.45, 2.75) is 56.8 Å². The summed E-state index contributed by atoms with van der Waals surface area (Å²) in [5.74, 6) is 0.634. The summed E-state index contributed by atoms with van der Waals surface area (Å²) in [5, 5.41) is 2.94. The first kappa shape index (κ1) is 15.3. The van der Waals surface area contributed by atoms with Crippen LogP contribution in [0.3, 0.4) is 0 Å². The molecule has 120 valence electrons. The summed E-state index contributed by atoms with van der Waals surface area (Å²) >= 11 is 0. The minimum Gasteiger partial charge on any atom is -0.488 e. The normalized spacial score (nSPS) is 25.3. The predicted octanol–water partition coefficient (Wildman–Crippen LogP) is 2.45. The van der Waals surface area contributed by atoms with Gasteiger partial charge in [0.05, 0.1) is 17.9 Å². The van der Waals surface area contributed by atoms with E-state index >= 15 is 0 Å². The maximum atomic E-state index is 12.3. The number of hydrogen-bond acceptors (Lipinski definition) is 4. The van der Waals surface area contributed by atoms with E-state index in [9.17, 15) is 4.79 Å². The van der Waals surface area contributed by atoms with Crippen molar-refractivity contribution >= 4 is 11.6 Å². The van der Waals surface area contributed by atoms with Gasteiger partial charge in [-0.2, -0.15) is 0 Å². The van der Waals surface area contributed by atoms with Gasteiger partial charge in [0, 0.05) is 6.54 Å². The van der Waals surface area contributed by atoms with E-state index in [-0.39, 0.29) is 18.1 Å². The molecule has 1 heterocycles. The van der Waals surface area contributed by atoms with E-state index in [1.807, 2.05) is 24.3 Å². The third kappa shape index (κ3) is 3.59. The summed E-state index contributed by atoms with van der Waals surface area (Å²) in [5.41, 5.74) is 6.31. The van der Waals surface area contributed by atoms with Gasteiger partial charge in [-0.3, -0.25) is 4.79 Å². The first-order valence-corrected chi connectivity index (χ1v) is 8.18. The second kappa shape index (κ2) is 7.11. The van der Waals surface area contributed by atoms with Gasteiger partial charge in [0.2, 0.25) is 0 Å². The third-order valence-corrected chi connectivity index (χ3v) is 4.40. The highest BCUT2D eigenvalue weighted by atomic mass is 16.5. The summed E-state index contributed by atoms with van der Waals surface area (Å²) in [6.07, 6.45) is 6.04. The van der Waals surface area contributed by atoms with Crippen LogP contribution in [0.2, 0.25) is 0 Å². The minimum absolute atomic E-state index is 0.000678. The van der Waals surface area contributed by atoms with Crippen molar-refractivity contribution in [1.82, 2.24) is 0 Å². The van der Waals surface area contributed by atoms with Crippen LogP contribution in [0.5, 0.6) is 5.75 Å². The van der Waals surface area contributed by atoms with Crippen LogP contribution in [0.25, 0.3) is 0 Å². The number of hydrogen-bond donors (Lipinski definition) is 2. The van der Waals surface area contributed by atoms with Gasteiger partial charge >= 0.3 is 0 Å². The van der Waals surface area contributed by atoms with Crippen LogP contribution >= 0.6 is 0 Å². The van der Waals surface area contributed by atoms with Gasteiger partial charge in [-0.1, -0.05) is 12.1 Å². The van der Waals surface area contributed by atoms with Crippen molar-refractivity contribution in [2.24, 2.45) is 5.73 Å². The largest absolute Gasteiger partial charge is 0.488 e. The monoisotopic (exact) mass is 304 g/mol. The lowest BCUT2D eigenvalue weighted by Crippen LogP contribution is -2.30. The summed E-state index contributed by atoms with van der Waals surface area (Å²) in [6, 6.07) is 7.61. The Balaban J connectivity index is 1.63. The van der Waals surface area contributed by atoms with Crippen molar-refractivity contribution in [2.75, 3.05) is 11.9 Å². The highest BCUT2D eigenvalue weighted by Gasteiger charge is 2.30. The highest BCUT2D eigenvalue weighted by molar-refractivity contribution is 5.95. The number of para-hydroxylation sites is 2. The first-order chi connectivity index (χ1) is 10.8. The number of nitrogens with two attached hydrogens (primary N) is 1. The molecule has 1 aromatic carbocycles. The summed E-state index contributed by atoms with van der Waals surface area (Å²) in [6.45, 7) is 0.463. The highest BCUT2D eigenvalue weighted by Crippen LogP contribution is 2.30. The molecule has 1 aliphatic heterocycles. The maximum Gasteiger partial charge on any atom is 0.253 e. The Morgan fingerprint density at radius 3 is 2.73 bits per heavy atom. The van der Waals surface area contributed by atoms with Crippen LogP contribution in [0.15, 0.2) is 24.3 Å². The van der Waals surface area contributed by atoms with E-state index in [2.05, 4.69) is 5.32 Å². The summed E-state index contributed by atoms with van der Waals surface area (Å²) < 4.78 is 11.7. The molecule has 2 aliphatic rings. The standard InChI is InChI=1S/C17H24N2O3/c18-11-13-9-10-16(22-13)17(20)19-14-7-3-4-8-15(14)21-12-5-1-2-6-12/h3-4,7-8,12-13,16H,1-2,5-6,9-11,18H2,(H,19,20)/t13-,16+/m1/s1. The molecule has 1 aliphatic carbocycles. The fourth-order valence-electron chi connectivity index (χ4n) is 3.14. The van der Waals surface area contributed by atoms with E-state index in [1.54, 1.807) is 0 Å². The number of rotatable bonds is 5. The molecule has 0 bridgehead atoms. The SMILES string of the molecule is NC[C@H]1CC[C@@H](C(=O)Nc2ccccc2OC2CCCC2)O1. The van der Waals surface area contributed by atoms with Crippen molar-refractivity contribution < 1.29 is 14.3 Å². The van der Waals surface area contributed by atoms with Crippen molar-refractivity contribution in [1.29, 1.82) is 0 Å². The fourth-order valence-corrected chi connectivity index (χ4v) is 3.14. The molecule has 0 unspecified atom stereocenters. The molecule has 1 aromatic rings. The topological polar surface area (TPSA) is 73.6 Å². The van der Waals surface area contributed by atoms with Crippen molar-refractivity contribution in [3.05, 3.63) is 24.3 Å². The van der Waals surface area contributed by atoms with Crippen LogP contribution < -0.4 is 15.8 Å². The molecule has 1 amide bonds. The van der Waals surface area contributed by atoms with Gasteiger partial charge in [-0.25, -0.2) is 0 Å². The number of carbonyl (C=O) groups excluding carboxylic acids is 1. The lowest BCUT2D eigenvalue weighted by molar-refractivity contribution is -0.126. The zero-order valence-electron chi connectivity index (χ0n) is 12.8. The van der Waals surface area contributed by atoms with Gasteiger partial charge in [0.25, 0.3) is 5.91 Å². The number of benzene rings is 1. The summed E-state index contributed by atoms with van der Waals surface area (Å²) in [7, 11) is 0. The molecule has 5 heteroatoms. The fraction of sp³-hybridized carbons (Fsp3) is 0.588. The first-order valence-electron chi connectivity index (χ1n) is 8.18. The zero-order chi connectivity index (χ0) is 15.4. The van der Waals surface area contributed by atoms with Gasteiger partial charge < -0.3 is 20.5 Å². The lowest BCUT2D eigenvalue weighted by Gasteiger charge is -2.18. The zero-order valence-corrected chi connectivity index (χ0v) is 12.8. The molecule has 2 atom stereocenters. The molecule has 1 saturated heterocycles. The molecule has 0 aromatic heterocycles. The molecular weight excluding hydrogens is 280 g/mol. The molecule has 0 spiro atoms. The van der Waals surface area contributed by atoms with E-state index < -0.39 is 6.10 Å². The molecule has 3 rings (SSSR count). The second-order valence-electron chi connectivity index (χ2n) is 6.07. The van der Waals surface area contributed by atoms with Crippen molar-refractivity contribution in [3.63, 3.8) is 0 Å². The second-order valence-corrected chi connectivity index (χ2v) is 6.07. The number of ether oxygens (including phenoxy) is 2. The Morgan fingerprint density at radius 2 is 2.00 bits per heavy atom. The number of anilines is 1.